The number of hydrogen-bond acceptors (Lipinski definition) is 3. The third-order valence-electron chi connectivity index (χ3n) is 4.20. The molecule has 20 heavy (non-hydrogen) atoms. The number of ether oxygens (including phenoxy) is 1. The summed E-state index contributed by atoms with van der Waals surface area (Å²) in [7, 11) is 3.93. The lowest BCUT2D eigenvalue weighted by Gasteiger charge is -2.31. The van der Waals surface area contributed by atoms with E-state index in [0.717, 1.165) is 11.7 Å². The molecule has 1 aromatic carbocycles. The van der Waals surface area contributed by atoms with Crippen LogP contribution in [0.3, 0.4) is 0 Å². The molecule has 0 amide bonds. The number of nitrogens with one attached hydrogen (secondary N) is 1. The maximum Gasteiger partial charge on any atom is 0.118 e. The molecular formula is C16H27ClN2O. The van der Waals surface area contributed by atoms with Crippen LogP contribution < -0.4 is 10.1 Å². The second-order valence-electron chi connectivity index (χ2n) is 5.60. The predicted molar refractivity (Wildman–Crippen MR) is 86.9 cm³/mol. The Kier molecular flexibility index (Phi) is 7.35. The third kappa shape index (κ3) is 4.65. The van der Waals surface area contributed by atoms with Crippen molar-refractivity contribution in [1.82, 2.24) is 10.2 Å². The first kappa shape index (κ1) is 17.3. The smallest absolute Gasteiger partial charge is 0.118 e. The molecule has 1 heterocycles. The lowest BCUT2D eigenvalue weighted by atomic mass is 9.98. The lowest BCUT2D eigenvalue weighted by Crippen LogP contribution is -2.37. The average Bonchev–Trinajstić information content (AvgIpc) is 2.47. The van der Waals surface area contributed by atoms with Crippen molar-refractivity contribution in [3.8, 4) is 5.75 Å². The molecule has 0 radical (unpaired) electrons. The van der Waals surface area contributed by atoms with Crippen LogP contribution in [0.4, 0.5) is 0 Å². The largest absolute Gasteiger partial charge is 0.497 e. The maximum absolute atomic E-state index is 5.21. The van der Waals surface area contributed by atoms with Crippen LogP contribution in [0.1, 0.15) is 31.4 Å². The summed E-state index contributed by atoms with van der Waals surface area (Å²) in [5.74, 6) is 1.72. The van der Waals surface area contributed by atoms with Gasteiger partial charge in [-0.05, 0) is 63.5 Å². The quantitative estimate of drug-likeness (QED) is 0.904. The lowest BCUT2D eigenvalue weighted by molar-refractivity contribution is 0.199. The summed E-state index contributed by atoms with van der Waals surface area (Å²) in [6, 6.07) is 8.87. The van der Waals surface area contributed by atoms with E-state index in [2.05, 4.69) is 36.3 Å². The molecule has 1 aliphatic heterocycles. The summed E-state index contributed by atoms with van der Waals surface area (Å²) in [4.78, 5) is 2.46. The molecule has 0 spiro atoms. The molecule has 0 saturated carbocycles. The van der Waals surface area contributed by atoms with Crippen molar-refractivity contribution in [1.29, 1.82) is 0 Å². The molecule has 0 aliphatic carbocycles. The zero-order valence-corrected chi connectivity index (χ0v) is 13.6. The topological polar surface area (TPSA) is 24.5 Å². The minimum absolute atomic E-state index is 0. The van der Waals surface area contributed by atoms with Crippen LogP contribution in [0.15, 0.2) is 24.3 Å². The molecule has 4 heteroatoms. The van der Waals surface area contributed by atoms with Crippen LogP contribution in [-0.2, 0) is 0 Å². The van der Waals surface area contributed by atoms with Gasteiger partial charge in [-0.3, -0.25) is 4.90 Å². The molecular weight excluding hydrogens is 272 g/mol. The van der Waals surface area contributed by atoms with Crippen molar-refractivity contribution in [2.75, 3.05) is 33.8 Å². The summed E-state index contributed by atoms with van der Waals surface area (Å²) in [6.45, 7) is 5.80. The van der Waals surface area contributed by atoms with Gasteiger partial charge in [0.15, 0.2) is 0 Å². The molecule has 1 fully saturated rings. The molecule has 1 saturated heterocycles. The van der Waals surface area contributed by atoms with E-state index in [4.69, 9.17) is 4.74 Å². The van der Waals surface area contributed by atoms with Crippen LogP contribution in [-0.4, -0.2) is 38.7 Å². The molecule has 114 valence electrons. The van der Waals surface area contributed by atoms with Crippen molar-refractivity contribution < 1.29 is 4.74 Å². The molecule has 3 nitrogen and oxygen atoms in total. The van der Waals surface area contributed by atoms with Gasteiger partial charge in [-0.15, -0.1) is 12.4 Å². The molecule has 2 atom stereocenters. The zero-order chi connectivity index (χ0) is 13.7. The monoisotopic (exact) mass is 298 g/mol. The highest BCUT2D eigenvalue weighted by molar-refractivity contribution is 5.85. The van der Waals surface area contributed by atoms with Gasteiger partial charge in [0.1, 0.15) is 5.75 Å². The Labute approximate surface area is 129 Å². The standard InChI is InChI=1S/C16H26N2O.ClH/c1-13(15-6-8-16(19-3)9-7-15)18(2)12-14-5-4-10-17-11-14;/h6-9,13-14,17H,4-5,10-12H2,1-3H3;1H. The van der Waals surface area contributed by atoms with Crippen LogP contribution >= 0.6 is 12.4 Å². The number of benzene rings is 1. The fraction of sp³-hybridized carbons (Fsp3) is 0.625. The number of nitrogens with zero attached hydrogens (tertiary/aromatic N) is 1. The van der Waals surface area contributed by atoms with Gasteiger partial charge in [0, 0.05) is 12.6 Å². The summed E-state index contributed by atoms with van der Waals surface area (Å²) >= 11 is 0. The number of methoxy groups -OCH3 is 1. The van der Waals surface area contributed by atoms with E-state index in [1.54, 1.807) is 7.11 Å². The van der Waals surface area contributed by atoms with E-state index in [9.17, 15) is 0 Å². The minimum Gasteiger partial charge on any atom is -0.497 e. The van der Waals surface area contributed by atoms with Crippen LogP contribution in [0.2, 0.25) is 0 Å². The van der Waals surface area contributed by atoms with E-state index in [0.29, 0.717) is 6.04 Å². The highest BCUT2D eigenvalue weighted by atomic mass is 35.5. The Hall–Kier alpha value is -0.770. The van der Waals surface area contributed by atoms with Gasteiger partial charge in [0.2, 0.25) is 0 Å². The highest BCUT2D eigenvalue weighted by Crippen LogP contribution is 2.23. The normalized spacial score (nSPS) is 20.3. The molecule has 1 aromatic rings. The number of rotatable bonds is 5. The molecule has 0 aromatic heterocycles. The Balaban J connectivity index is 0.00000200. The van der Waals surface area contributed by atoms with Gasteiger partial charge < -0.3 is 10.1 Å². The summed E-state index contributed by atoms with van der Waals surface area (Å²) in [5, 5.41) is 3.49. The van der Waals surface area contributed by atoms with Gasteiger partial charge >= 0.3 is 0 Å². The van der Waals surface area contributed by atoms with Gasteiger partial charge in [-0.1, -0.05) is 12.1 Å². The zero-order valence-electron chi connectivity index (χ0n) is 12.8. The van der Waals surface area contributed by atoms with Crippen molar-refractivity contribution in [3.63, 3.8) is 0 Å². The molecule has 1 N–H and O–H groups in total. The fourth-order valence-electron chi connectivity index (χ4n) is 2.78. The van der Waals surface area contributed by atoms with E-state index in [1.165, 1.54) is 38.0 Å². The Morgan fingerprint density at radius 1 is 1.35 bits per heavy atom. The number of halogens is 1. The van der Waals surface area contributed by atoms with E-state index in [-0.39, 0.29) is 12.4 Å². The van der Waals surface area contributed by atoms with Gasteiger partial charge in [0.05, 0.1) is 7.11 Å². The van der Waals surface area contributed by atoms with Crippen molar-refractivity contribution in [2.24, 2.45) is 5.92 Å². The van der Waals surface area contributed by atoms with Crippen LogP contribution in [0.5, 0.6) is 5.75 Å². The van der Waals surface area contributed by atoms with Gasteiger partial charge in [-0.2, -0.15) is 0 Å². The van der Waals surface area contributed by atoms with E-state index in [1.807, 2.05) is 12.1 Å². The van der Waals surface area contributed by atoms with Crippen LogP contribution in [0.25, 0.3) is 0 Å². The SMILES string of the molecule is COc1ccc(C(C)N(C)CC2CCCNC2)cc1.Cl. The Morgan fingerprint density at radius 3 is 2.60 bits per heavy atom. The Morgan fingerprint density at radius 2 is 2.05 bits per heavy atom. The van der Waals surface area contributed by atoms with Crippen molar-refractivity contribution in [3.05, 3.63) is 29.8 Å². The minimum atomic E-state index is 0. The first-order valence-corrected chi connectivity index (χ1v) is 7.25. The molecule has 0 bridgehead atoms. The number of hydrogen-bond donors (Lipinski definition) is 1. The van der Waals surface area contributed by atoms with Crippen molar-refractivity contribution in [2.45, 2.75) is 25.8 Å². The van der Waals surface area contributed by atoms with Crippen LogP contribution in [0, 0.1) is 5.92 Å². The summed E-state index contributed by atoms with van der Waals surface area (Å²) in [5.41, 5.74) is 1.35. The van der Waals surface area contributed by atoms with E-state index < -0.39 is 0 Å². The van der Waals surface area contributed by atoms with Gasteiger partial charge in [0.25, 0.3) is 0 Å². The first-order valence-electron chi connectivity index (χ1n) is 7.25. The first-order chi connectivity index (χ1) is 9.20. The van der Waals surface area contributed by atoms with Gasteiger partial charge in [-0.25, -0.2) is 0 Å². The second-order valence-corrected chi connectivity index (χ2v) is 5.60. The summed E-state index contributed by atoms with van der Waals surface area (Å²) in [6.07, 6.45) is 2.67. The van der Waals surface area contributed by atoms with Crippen molar-refractivity contribution >= 4 is 12.4 Å². The molecule has 1 aliphatic rings. The summed E-state index contributed by atoms with van der Waals surface area (Å²) < 4.78 is 5.21. The fourth-order valence-corrected chi connectivity index (χ4v) is 2.78. The maximum atomic E-state index is 5.21. The van der Waals surface area contributed by atoms with E-state index >= 15 is 0 Å². The Bertz CT molecular complexity index is 377. The molecule has 2 rings (SSSR count). The average molecular weight is 299 g/mol. The molecule has 2 unspecified atom stereocenters. The number of piperidine rings is 1. The third-order valence-corrected chi connectivity index (χ3v) is 4.20. The highest BCUT2D eigenvalue weighted by Gasteiger charge is 2.18. The second kappa shape index (κ2) is 8.50. The predicted octanol–water partition coefficient (Wildman–Crippen LogP) is 3.11.